The van der Waals surface area contributed by atoms with Crippen molar-refractivity contribution in [1.29, 1.82) is 0 Å². The molecule has 0 bridgehead atoms. The molecule has 62 valence electrons. The van der Waals surface area contributed by atoms with Crippen molar-refractivity contribution in [3.05, 3.63) is 0 Å². The lowest BCUT2D eigenvalue weighted by atomic mass is 10.2. The van der Waals surface area contributed by atoms with Gasteiger partial charge in [-0.15, -0.1) is 0 Å². The third kappa shape index (κ3) is 1.19. The van der Waals surface area contributed by atoms with Gasteiger partial charge in [0, 0.05) is 26.2 Å². The number of rotatable bonds is 2. The average molecular weight is 154 g/mol. The van der Waals surface area contributed by atoms with E-state index in [4.69, 9.17) is 0 Å². The van der Waals surface area contributed by atoms with E-state index in [2.05, 4.69) is 10.2 Å². The molecule has 2 fully saturated rings. The van der Waals surface area contributed by atoms with Gasteiger partial charge in [-0.2, -0.15) is 0 Å². The minimum atomic E-state index is -0.0257. The van der Waals surface area contributed by atoms with E-state index in [0.29, 0.717) is 0 Å². The first kappa shape index (κ1) is 7.25. The summed E-state index contributed by atoms with van der Waals surface area (Å²) in [6, 6.07) is 0. The highest BCUT2D eigenvalue weighted by Crippen LogP contribution is 2.39. The van der Waals surface area contributed by atoms with Crippen molar-refractivity contribution in [1.82, 2.24) is 10.2 Å². The Labute approximate surface area is 66.8 Å². The molecule has 0 unspecified atom stereocenters. The zero-order chi connectivity index (χ0) is 7.73. The molecule has 0 spiro atoms. The molecule has 2 rings (SSSR count). The molecule has 0 aromatic rings. The van der Waals surface area contributed by atoms with Crippen molar-refractivity contribution in [2.75, 3.05) is 26.2 Å². The van der Waals surface area contributed by atoms with Gasteiger partial charge in [0.15, 0.2) is 0 Å². The molecule has 0 aromatic heterocycles. The summed E-state index contributed by atoms with van der Waals surface area (Å²) in [4.78, 5) is 13.0. The molecule has 1 saturated carbocycles. The number of carbonyl (C=O) groups excluding carboxylic acids is 1. The first-order chi connectivity index (χ1) is 5.37. The molecule has 0 atom stereocenters. The lowest BCUT2D eigenvalue weighted by Gasteiger charge is -2.31. The molecule has 1 heterocycles. The summed E-state index contributed by atoms with van der Waals surface area (Å²) in [6.07, 6.45) is 3.30. The maximum Gasteiger partial charge on any atom is 0.140 e. The van der Waals surface area contributed by atoms with Crippen LogP contribution in [0.2, 0.25) is 0 Å². The lowest BCUT2D eigenvalue weighted by molar-refractivity contribution is -0.114. The fourth-order valence-electron chi connectivity index (χ4n) is 1.75. The van der Waals surface area contributed by atoms with Crippen molar-refractivity contribution in [3.63, 3.8) is 0 Å². The van der Waals surface area contributed by atoms with Crippen molar-refractivity contribution in [2.24, 2.45) is 0 Å². The summed E-state index contributed by atoms with van der Waals surface area (Å²) >= 11 is 0. The quantitative estimate of drug-likeness (QED) is 0.550. The molecule has 1 N–H and O–H groups in total. The van der Waals surface area contributed by atoms with E-state index in [1.165, 1.54) is 0 Å². The Morgan fingerprint density at radius 1 is 1.27 bits per heavy atom. The highest BCUT2D eigenvalue weighted by Gasteiger charge is 2.47. The van der Waals surface area contributed by atoms with Crippen LogP contribution in [0.15, 0.2) is 0 Å². The van der Waals surface area contributed by atoms with Gasteiger partial charge in [-0.25, -0.2) is 0 Å². The summed E-state index contributed by atoms with van der Waals surface area (Å²) in [7, 11) is 0. The second kappa shape index (κ2) is 2.57. The molecule has 1 saturated heterocycles. The maximum absolute atomic E-state index is 10.7. The van der Waals surface area contributed by atoms with Gasteiger partial charge in [0.25, 0.3) is 0 Å². The van der Waals surface area contributed by atoms with Crippen LogP contribution in [0.4, 0.5) is 0 Å². The summed E-state index contributed by atoms with van der Waals surface area (Å²) < 4.78 is 0. The van der Waals surface area contributed by atoms with E-state index >= 15 is 0 Å². The zero-order valence-corrected chi connectivity index (χ0v) is 6.68. The third-order valence-electron chi connectivity index (χ3n) is 2.73. The normalized spacial score (nSPS) is 29.8. The number of hydrogen-bond acceptors (Lipinski definition) is 3. The van der Waals surface area contributed by atoms with Crippen LogP contribution in [-0.2, 0) is 4.79 Å². The van der Waals surface area contributed by atoms with Crippen LogP contribution in [-0.4, -0.2) is 42.9 Å². The minimum absolute atomic E-state index is 0.0257. The van der Waals surface area contributed by atoms with Gasteiger partial charge in [0.05, 0.1) is 5.54 Å². The van der Waals surface area contributed by atoms with Crippen LogP contribution in [0.25, 0.3) is 0 Å². The molecular formula is C8H14N2O. The fourth-order valence-corrected chi connectivity index (χ4v) is 1.75. The van der Waals surface area contributed by atoms with E-state index < -0.39 is 0 Å². The second-order valence-electron chi connectivity index (χ2n) is 3.46. The van der Waals surface area contributed by atoms with Gasteiger partial charge in [-0.05, 0) is 12.8 Å². The van der Waals surface area contributed by atoms with Gasteiger partial charge in [0.2, 0.25) is 0 Å². The van der Waals surface area contributed by atoms with E-state index in [9.17, 15) is 4.79 Å². The molecule has 3 nitrogen and oxygen atoms in total. The predicted molar refractivity (Wildman–Crippen MR) is 42.5 cm³/mol. The maximum atomic E-state index is 10.7. The number of hydrogen-bond donors (Lipinski definition) is 1. The smallest absolute Gasteiger partial charge is 0.140 e. The SMILES string of the molecule is O=CC1(N2CCNCC2)CC1. The number of aldehydes is 1. The van der Waals surface area contributed by atoms with Gasteiger partial charge < -0.3 is 10.1 Å². The first-order valence-corrected chi connectivity index (χ1v) is 4.29. The number of nitrogens with zero attached hydrogens (tertiary/aromatic N) is 1. The van der Waals surface area contributed by atoms with Crippen LogP contribution < -0.4 is 5.32 Å². The number of piperazine rings is 1. The van der Waals surface area contributed by atoms with Gasteiger partial charge in [0.1, 0.15) is 6.29 Å². The van der Waals surface area contributed by atoms with Crippen LogP contribution >= 0.6 is 0 Å². The van der Waals surface area contributed by atoms with Crippen molar-refractivity contribution in [2.45, 2.75) is 18.4 Å². The second-order valence-corrected chi connectivity index (χ2v) is 3.46. The number of carbonyl (C=O) groups is 1. The third-order valence-corrected chi connectivity index (χ3v) is 2.73. The van der Waals surface area contributed by atoms with E-state index in [0.717, 1.165) is 45.3 Å². The van der Waals surface area contributed by atoms with E-state index in [1.54, 1.807) is 0 Å². The zero-order valence-electron chi connectivity index (χ0n) is 6.68. The van der Waals surface area contributed by atoms with Crippen LogP contribution in [0.3, 0.4) is 0 Å². The van der Waals surface area contributed by atoms with E-state index in [1.807, 2.05) is 0 Å². The molecule has 3 heteroatoms. The highest BCUT2D eigenvalue weighted by molar-refractivity contribution is 5.68. The Bertz CT molecular complexity index is 159. The highest BCUT2D eigenvalue weighted by atomic mass is 16.1. The predicted octanol–water partition coefficient (Wildman–Crippen LogP) is -0.377. The van der Waals surface area contributed by atoms with Crippen molar-refractivity contribution >= 4 is 6.29 Å². The average Bonchev–Trinajstić information content (AvgIpc) is 2.86. The molecule has 1 aliphatic carbocycles. The Kier molecular flexibility index (Phi) is 1.69. The van der Waals surface area contributed by atoms with Gasteiger partial charge >= 0.3 is 0 Å². The Hall–Kier alpha value is -0.410. The van der Waals surface area contributed by atoms with Crippen molar-refractivity contribution in [3.8, 4) is 0 Å². The molecule has 0 radical (unpaired) electrons. The molecule has 1 aliphatic heterocycles. The molecule has 0 aromatic carbocycles. The molecular weight excluding hydrogens is 140 g/mol. The van der Waals surface area contributed by atoms with Crippen LogP contribution in [0.1, 0.15) is 12.8 Å². The summed E-state index contributed by atoms with van der Waals surface area (Å²) in [6.45, 7) is 4.16. The number of nitrogens with one attached hydrogen (secondary N) is 1. The fraction of sp³-hybridized carbons (Fsp3) is 0.875. The Morgan fingerprint density at radius 2 is 1.91 bits per heavy atom. The van der Waals surface area contributed by atoms with Crippen molar-refractivity contribution < 1.29 is 4.79 Å². The van der Waals surface area contributed by atoms with Gasteiger partial charge in [-0.3, -0.25) is 4.90 Å². The Morgan fingerprint density at radius 3 is 2.36 bits per heavy atom. The molecule has 2 aliphatic rings. The standard InChI is InChI=1S/C8H14N2O/c11-7-8(1-2-8)10-5-3-9-4-6-10/h7,9H,1-6H2. The molecule has 11 heavy (non-hydrogen) atoms. The topological polar surface area (TPSA) is 32.3 Å². The van der Waals surface area contributed by atoms with Crippen LogP contribution in [0.5, 0.6) is 0 Å². The summed E-state index contributed by atoms with van der Waals surface area (Å²) in [5.41, 5.74) is -0.0257. The Balaban J connectivity index is 1.97. The minimum Gasteiger partial charge on any atom is -0.314 e. The summed E-state index contributed by atoms with van der Waals surface area (Å²) in [5.74, 6) is 0. The largest absolute Gasteiger partial charge is 0.314 e. The molecule has 0 amide bonds. The van der Waals surface area contributed by atoms with E-state index in [-0.39, 0.29) is 5.54 Å². The van der Waals surface area contributed by atoms with Crippen LogP contribution in [0, 0.1) is 0 Å². The lowest BCUT2D eigenvalue weighted by Crippen LogP contribution is -2.50. The first-order valence-electron chi connectivity index (χ1n) is 4.29. The van der Waals surface area contributed by atoms with Gasteiger partial charge in [-0.1, -0.05) is 0 Å². The summed E-state index contributed by atoms with van der Waals surface area (Å²) in [5, 5.41) is 3.28. The monoisotopic (exact) mass is 154 g/mol.